The summed E-state index contributed by atoms with van der Waals surface area (Å²) in [7, 11) is -3.13. The number of benzene rings is 1. The number of sulfone groups is 1. The number of rotatable bonds is 3. The van der Waals surface area contributed by atoms with Crippen molar-refractivity contribution >= 4 is 15.9 Å². The van der Waals surface area contributed by atoms with Crippen LogP contribution >= 0.6 is 0 Å². The summed E-state index contributed by atoms with van der Waals surface area (Å²) in [6.07, 6.45) is 4.67. The highest BCUT2D eigenvalue weighted by Gasteiger charge is 2.20. The third kappa shape index (κ3) is 9.35. The fourth-order valence-electron chi connectivity index (χ4n) is 2.19. The molecular formula is C18H30N2O3S. The van der Waals surface area contributed by atoms with Crippen LogP contribution in [0.1, 0.15) is 28.1 Å². The first-order chi connectivity index (χ1) is 11.3. The van der Waals surface area contributed by atoms with Crippen molar-refractivity contribution in [2.24, 2.45) is 5.92 Å². The summed E-state index contributed by atoms with van der Waals surface area (Å²) in [6, 6.07) is 11.6. The molecule has 0 aromatic heterocycles. The quantitative estimate of drug-likeness (QED) is 0.905. The van der Waals surface area contributed by atoms with E-state index >= 15 is 0 Å². The second-order valence-corrected chi connectivity index (χ2v) is 8.15. The third-order valence-electron chi connectivity index (χ3n) is 3.70. The van der Waals surface area contributed by atoms with Gasteiger partial charge in [0.05, 0.1) is 0 Å². The summed E-state index contributed by atoms with van der Waals surface area (Å²) in [6.45, 7) is 5.49. The second kappa shape index (κ2) is 10.1. The molecule has 5 nitrogen and oxygen atoms in total. The van der Waals surface area contributed by atoms with Crippen LogP contribution in [0.5, 0.6) is 0 Å². The first-order valence-electron chi connectivity index (χ1n) is 8.21. The summed E-state index contributed by atoms with van der Waals surface area (Å²) in [5.41, 5.74) is 0. The second-order valence-electron chi connectivity index (χ2n) is 6.22. The van der Waals surface area contributed by atoms with Crippen molar-refractivity contribution in [1.29, 1.82) is 0 Å². The predicted octanol–water partition coefficient (Wildman–Crippen LogP) is 3.31. The van der Waals surface area contributed by atoms with Gasteiger partial charge in [0.1, 0.15) is 0 Å². The summed E-state index contributed by atoms with van der Waals surface area (Å²) in [4.78, 5) is 13.7. The maximum atomic E-state index is 11.9. The molecule has 0 spiro atoms. The Hall–Kier alpha value is -1.82. The van der Waals surface area contributed by atoms with E-state index in [1.54, 1.807) is 11.8 Å². The van der Waals surface area contributed by atoms with Gasteiger partial charge in [-0.05, 0) is 25.7 Å². The van der Waals surface area contributed by atoms with Crippen LogP contribution in [-0.2, 0) is 9.84 Å². The predicted molar refractivity (Wildman–Crippen MR) is 101 cm³/mol. The van der Waals surface area contributed by atoms with E-state index in [1.165, 1.54) is 6.08 Å². The number of likely N-dealkylation sites (tertiary alicyclic amines) is 1. The molecule has 6 heteroatoms. The Kier molecular flexibility index (Phi) is 8.54. The van der Waals surface area contributed by atoms with Gasteiger partial charge in [0.15, 0.2) is 9.84 Å². The Balaban J connectivity index is 0.000000693. The molecule has 0 bridgehead atoms. The molecule has 1 heterocycles. The summed E-state index contributed by atoms with van der Waals surface area (Å²) in [5, 5.41) is 3.89. The van der Waals surface area contributed by atoms with E-state index in [9.17, 15) is 13.2 Å². The number of carbonyl (C=O) groups excluding carboxylic acids is 1. The number of carbonyl (C=O) groups is 1. The number of hydrogen-bond donors (Lipinski definition) is 1. The molecule has 1 saturated heterocycles. The van der Waals surface area contributed by atoms with Gasteiger partial charge in [-0.2, -0.15) is 0 Å². The van der Waals surface area contributed by atoms with Gasteiger partial charge in [-0.1, -0.05) is 49.4 Å². The fraction of sp³-hybridized carbons (Fsp3) is 0.500. The van der Waals surface area contributed by atoms with Gasteiger partial charge < -0.3 is 10.2 Å². The summed E-state index contributed by atoms with van der Waals surface area (Å²) < 4.78 is 21.9. The molecule has 1 aliphatic heterocycles. The van der Waals surface area contributed by atoms with Gasteiger partial charge in [-0.3, -0.25) is 0 Å². The average Bonchev–Trinajstić information content (AvgIpc) is 2.55. The standard InChI is InChI=1S/C12H22N2O3S.C6H6.H2/c1-10-4-7-14(8-5-10)12(15)13-11(2)6-9-18(3,16)17;1-2-4-6-5-3-1;/h6,9-11H,4-5,7-8H2,1-3H3,(H,13,15);1-6H;1H/b9-6+;;/t11-;;/m0../s1. The van der Waals surface area contributed by atoms with Crippen molar-refractivity contribution in [3.63, 3.8) is 0 Å². The summed E-state index contributed by atoms with van der Waals surface area (Å²) in [5.74, 6) is 0.677. The molecule has 1 aromatic rings. The molecule has 1 aromatic carbocycles. The summed E-state index contributed by atoms with van der Waals surface area (Å²) >= 11 is 0. The van der Waals surface area contributed by atoms with Crippen molar-refractivity contribution in [2.45, 2.75) is 32.7 Å². The topological polar surface area (TPSA) is 66.5 Å². The molecule has 0 radical (unpaired) electrons. The smallest absolute Gasteiger partial charge is 0.317 e. The van der Waals surface area contributed by atoms with Gasteiger partial charge in [0.2, 0.25) is 0 Å². The molecule has 2 amide bonds. The minimum absolute atomic E-state index is 0. The minimum atomic E-state index is -3.13. The maximum absolute atomic E-state index is 11.9. The lowest BCUT2D eigenvalue weighted by Crippen LogP contribution is -2.46. The van der Waals surface area contributed by atoms with E-state index in [2.05, 4.69) is 12.2 Å². The van der Waals surface area contributed by atoms with E-state index in [-0.39, 0.29) is 13.5 Å². The lowest BCUT2D eigenvalue weighted by Gasteiger charge is -2.31. The number of urea groups is 1. The lowest BCUT2D eigenvalue weighted by molar-refractivity contribution is 0.172. The Morgan fingerprint density at radius 1 is 1.17 bits per heavy atom. The van der Waals surface area contributed by atoms with Crippen LogP contribution in [0.15, 0.2) is 47.9 Å². The first-order valence-corrected chi connectivity index (χ1v) is 10.2. The van der Waals surface area contributed by atoms with Crippen molar-refractivity contribution in [3.8, 4) is 0 Å². The Bertz CT molecular complexity index is 586. The fourth-order valence-corrected chi connectivity index (χ4v) is 2.71. The SMILES string of the molecule is CC1CCN(C(=O)N[C@@H](C)/C=C/S(C)(=O)=O)CC1.[HH].c1ccccc1. The third-order valence-corrected chi connectivity index (χ3v) is 4.35. The number of amides is 2. The van der Waals surface area contributed by atoms with Gasteiger partial charge in [-0.15, -0.1) is 0 Å². The van der Waals surface area contributed by atoms with Crippen molar-refractivity contribution in [2.75, 3.05) is 19.3 Å². The molecular weight excluding hydrogens is 324 g/mol. The molecule has 0 unspecified atom stereocenters. The van der Waals surface area contributed by atoms with E-state index in [4.69, 9.17) is 0 Å². The normalized spacial score (nSPS) is 17.0. The van der Waals surface area contributed by atoms with Crippen LogP contribution in [0, 0.1) is 5.92 Å². The van der Waals surface area contributed by atoms with Crippen LogP contribution in [-0.4, -0.2) is 44.7 Å². The van der Waals surface area contributed by atoms with Gasteiger partial charge >= 0.3 is 6.03 Å². The van der Waals surface area contributed by atoms with Crippen molar-refractivity contribution in [3.05, 3.63) is 47.9 Å². The average molecular weight is 355 g/mol. The molecule has 1 atom stereocenters. The monoisotopic (exact) mass is 354 g/mol. The van der Waals surface area contributed by atoms with Crippen molar-refractivity contribution < 1.29 is 14.6 Å². The number of nitrogens with zero attached hydrogens (tertiary/aromatic N) is 1. The molecule has 24 heavy (non-hydrogen) atoms. The number of hydrogen-bond acceptors (Lipinski definition) is 3. The van der Waals surface area contributed by atoms with Crippen LogP contribution in [0.4, 0.5) is 4.79 Å². The van der Waals surface area contributed by atoms with Gasteiger partial charge in [0.25, 0.3) is 0 Å². The van der Waals surface area contributed by atoms with Crippen LogP contribution in [0.2, 0.25) is 0 Å². The molecule has 136 valence electrons. The molecule has 1 aliphatic rings. The number of piperidine rings is 1. The zero-order chi connectivity index (χ0) is 18.0. The van der Waals surface area contributed by atoms with Crippen LogP contribution in [0.25, 0.3) is 0 Å². The van der Waals surface area contributed by atoms with Crippen LogP contribution in [0.3, 0.4) is 0 Å². The Labute approximate surface area is 147 Å². The van der Waals surface area contributed by atoms with Crippen molar-refractivity contribution in [1.82, 2.24) is 10.2 Å². The first kappa shape index (κ1) is 20.2. The van der Waals surface area contributed by atoms with E-state index in [1.807, 2.05) is 36.4 Å². The lowest BCUT2D eigenvalue weighted by atomic mass is 10.00. The molecule has 0 saturated carbocycles. The van der Waals surface area contributed by atoms with Crippen LogP contribution < -0.4 is 5.32 Å². The molecule has 1 fully saturated rings. The Morgan fingerprint density at radius 2 is 1.62 bits per heavy atom. The molecule has 0 aliphatic carbocycles. The van der Waals surface area contributed by atoms with E-state index in [0.717, 1.165) is 37.6 Å². The molecule has 1 N–H and O–H groups in total. The highest BCUT2D eigenvalue weighted by atomic mass is 32.2. The maximum Gasteiger partial charge on any atom is 0.317 e. The zero-order valence-corrected chi connectivity index (χ0v) is 15.5. The highest BCUT2D eigenvalue weighted by Crippen LogP contribution is 2.15. The van der Waals surface area contributed by atoms with E-state index < -0.39 is 9.84 Å². The van der Waals surface area contributed by atoms with E-state index in [0.29, 0.717) is 5.92 Å². The van der Waals surface area contributed by atoms with Gasteiger partial charge in [0, 0.05) is 32.2 Å². The Morgan fingerprint density at radius 3 is 2.04 bits per heavy atom. The van der Waals surface area contributed by atoms with Gasteiger partial charge in [-0.25, -0.2) is 13.2 Å². The molecule has 2 rings (SSSR count). The highest BCUT2D eigenvalue weighted by molar-refractivity contribution is 7.93. The number of nitrogens with one attached hydrogen (secondary N) is 1. The largest absolute Gasteiger partial charge is 0.332 e. The zero-order valence-electron chi connectivity index (χ0n) is 14.7. The minimum Gasteiger partial charge on any atom is -0.332 e.